The van der Waals surface area contributed by atoms with Crippen LogP contribution in [0.3, 0.4) is 0 Å². The minimum atomic E-state index is -0.318. The lowest BCUT2D eigenvalue weighted by atomic mass is 10.1. The fourth-order valence-corrected chi connectivity index (χ4v) is 2.51. The molecule has 0 aromatic heterocycles. The molecule has 5 nitrogen and oxygen atoms in total. The van der Waals surface area contributed by atoms with Crippen LogP contribution in [0.5, 0.6) is 11.5 Å². The molecule has 2 amide bonds. The Labute approximate surface area is 114 Å². The first-order valence-electron chi connectivity index (χ1n) is 5.53. The van der Waals surface area contributed by atoms with E-state index in [2.05, 4.69) is 0 Å². The number of methoxy groups -OCH3 is 1. The number of amides is 2. The molecule has 0 bridgehead atoms. The molecule has 0 spiro atoms. The Balaban J connectivity index is 2.44. The van der Waals surface area contributed by atoms with Crippen molar-refractivity contribution >= 4 is 29.0 Å². The zero-order valence-corrected chi connectivity index (χ0v) is 11.6. The second kappa shape index (κ2) is 4.97. The molecule has 0 unspecified atom stereocenters. The highest BCUT2D eigenvalue weighted by Gasteiger charge is 2.31. The molecular formula is C13H13NO4S. The van der Waals surface area contributed by atoms with Gasteiger partial charge in [-0.2, -0.15) is 0 Å². The summed E-state index contributed by atoms with van der Waals surface area (Å²) < 4.78 is 5.03. The fraction of sp³-hybridized carbons (Fsp3) is 0.231. The van der Waals surface area contributed by atoms with Crippen molar-refractivity contribution < 1.29 is 19.4 Å². The van der Waals surface area contributed by atoms with E-state index in [0.29, 0.717) is 10.7 Å². The standard InChI is InChI=1S/C13H13NO4S/c1-7-4-9(15)10(18-3)5-8(7)6-11-12(16)14(2)13(17)19-11/h4-6,15H,1-3H3/b11-6-. The number of thioether (sulfide) groups is 1. The van der Waals surface area contributed by atoms with Crippen LogP contribution in [0.25, 0.3) is 6.08 Å². The Morgan fingerprint density at radius 3 is 2.58 bits per heavy atom. The van der Waals surface area contributed by atoms with Crippen LogP contribution < -0.4 is 4.74 Å². The number of imide groups is 1. The summed E-state index contributed by atoms with van der Waals surface area (Å²) in [6.07, 6.45) is 1.63. The predicted molar refractivity (Wildman–Crippen MR) is 73.1 cm³/mol. The number of aromatic hydroxyl groups is 1. The van der Waals surface area contributed by atoms with E-state index >= 15 is 0 Å². The molecule has 19 heavy (non-hydrogen) atoms. The van der Waals surface area contributed by atoms with Gasteiger partial charge in [-0.05, 0) is 48.0 Å². The zero-order chi connectivity index (χ0) is 14.2. The molecule has 0 aliphatic carbocycles. The molecule has 100 valence electrons. The second-order valence-electron chi connectivity index (χ2n) is 4.12. The number of ether oxygens (including phenoxy) is 1. The molecule has 1 N–H and O–H groups in total. The van der Waals surface area contributed by atoms with Crippen molar-refractivity contribution in [3.05, 3.63) is 28.2 Å². The molecule has 0 atom stereocenters. The Morgan fingerprint density at radius 2 is 2.05 bits per heavy atom. The van der Waals surface area contributed by atoms with Crippen LogP contribution in [0.2, 0.25) is 0 Å². The van der Waals surface area contributed by atoms with Gasteiger partial charge in [-0.15, -0.1) is 0 Å². The molecule has 1 aromatic carbocycles. The van der Waals surface area contributed by atoms with E-state index in [1.165, 1.54) is 14.2 Å². The third-order valence-electron chi connectivity index (χ3n) is 2.84. The minimum absolute atomic E-state index is 0.0424. The minimum Gasteiger partial charge on any atom is -0.504 e. The number of rotatable bonds is 2. The Morgan fingerprint density at radius 1 is 1.37 bits per heavy atom. The molecule has 2 rings (SSSR count). The summed E-state index contributed by atoms with van der Waals surface area (Å²) in [6, 6.07) is 3.19. The number of aryl methyl sites for hydroxylation is 1. The van der Waals surface area contributed by atoms with Gasteiger partial charge in [0.2, 0.25) is 0 Å². The molecule has 1 aliphatic rings. The average molecular weight is 279 g/mol. The normalized spacial score (nSPS) is 17.4. The predicted octanol–water partition coefficient (Wildman–Crippen LogP) is 2.38. The van der Waals surface area contributed by atoms with Crippen LogP contribution in [0.15, 0.2) is 17.0 Å². The van der Waals surface area contributed by atoms with Gasteiger partial charge in [-0.25, -0.2) is 0 Å². The Bertz CT molecular complexity index is 595. The van der Waals surface area contributed by atoms with Crippen molar-refractivity contribution in [2.75, 3.05) is 14.2 Å². The van der Waals surface area contributed by atoms with Gasteiger partial charge in [0.25, 0.3) is 11.1 Å². The number of likely N-dealkylation sites (N-methyl/N-ethyl adjacent to an activating group) is 1. The molecule has 1 aromatic rings. The number of phenolic OH excluding ortho intramolecular Hbond substituents is 1. The first-order valence-corrected chi connectivity index (χ1v) is 6.35. The summed E-state index contributed by atoms with van der Waals surface area (Å²) in [5.74, 6) is 0.0507. The first kappa shape index (κ1) is 13.5. The van der Waals surface area contributed by atoms with Crippen molar-refractivity contribution in [2.24, 2.45) is 0 Å². The largest absolute Gasteiger partial charge is 0.504 e. The zero-order valence-electron chi connectivity index (χ0n) is 10.8. The van der Waals surface area contributed by atoms with Crippen LogP contribution in [0, 0.1) is 6.92 Å². The van der Waals surface area contributed by atoms with Gasteiger partial charge in [0.15, 0.2) is 11.5 Å². The molecular weight excluding hydrogens is 266 g/mol. The monoisotopic (exact) mass is 279 g/mol. The van der Waals surface area contributed by atoms with E-state index < -0.39 is 0 Å². The highest BCUT2D eigenvalue weighted by Crippen LogP contribution is 2.34. The third kappa shape index (κ3) is 2.44. The Kier molecular flexibility index (Phi) is 3.53. The third-order valence-corrected chi connectivity index (χ3v) is 3.80. The molecule has 1 fully saturated rings. The van der Waals surface area contributed by atoms with E-state index in [0.717, 1.165) is 27.8 Å². The smallest absolute Gasteiger partial charge is 0.293 e. The highest BCUT2D eigenvalue weighted by molar-refractivity contribution is 8.18. The van der Waals surface area contributed by atoms with Crippen molar-refractivity contribution in [1.82, 2.24) is 4.90 Å². The number of hydrogen-bond donors (Lipinski definition) is 1. The summed E-state index contributed by atoms with van der Waals surface area (Å²) in [7, 11) is 2.90. The molecule has 1 saturated heterocycles. The summed E-state index contributed by atoms with van der Waals surface area (Å²) >= 11 is 0.898. The fourth-order valence-electron chi connectivity index (χ4n) is 1.69. The lowest BCUT2D eigenvalue weighted by Gasteiger charge is -2.08. The SMILES string of the molecule is COc1cc(/C=C2\SC(=O)N(C)C2=O)c(C)cc1O. The summed E-state index contributed by atoms with van der Waals surface area (Å²) in [5.41, 5.74) is 1.52. The molecule has 6 heteroatoms. The van der Waals surface area contributed by atoms with Crippen LogP contribution in [0.4, 0.5) is 4.79 Å². The summed E-state index contributed by atoms with van der Waals surface area (Å²) in [5, 5.41) is 9.34. The maximum atomic E-state index is 11.8. The van der Waals surface area contributed by atoms with Crippen LogP contribution in [0.1, 0.15) is 11.1 Å². The number of carbonyl (C=O) groups is 2. The van der Waals surface area contributed by atoms with Crippen molar-refractivity contribution in [3.63, 3.8) is 0 Å². The van der Waals surface area contributed by atoms with E-state index in [-0.39, 0.29) is 16.9 Å². The van der Waals surface area contributed by atoms with Crippen LogP contribution >= 0.6 is 11.8 Å². The number of benzene rings is 1. The average Bonchev–Trinajstić information content (AvgIpc) is 2.60. The molecule has 1 aliphatic heterocycles. The van der Waals surface area contributed by atoms with Crippen molar-refractivity contribution in [1.29, 1.82) is 0 Å². The van der Waals surface area contributed by atoms with E-state index in [4.69, 9.17) is 4.74 Å². The maximum Gasteiger partial charge on any atom is 0.293 e. The van der Waals surface area contributed by atoms with Gasteiger partial charge >= 0.3 is 0 Å². The van der Waals surface area contributed by atoms with E-state index in [1.807, 2.05) is 0 Å². The molecule has 0 saturated carbocycles. The van der Waals surface area contributed by atoms with Crippen molar-refractivity contribution in [3.8, 4) is 11.5 Å². The topological polar surface area (TPSA) is 66.8 Å². The second-order valence-corrected chi connectivity index (χ2v) is 5.11. The number of hydrogen-bond acceptors (Lipinski definition) is 5. The lowest BCUT2D eigenvalue weighted by molar-refractivity contribution is -0.121. The molecule has 0 radical (unpaired) electrons. The van der Waals surface area contributed by atoms with Crippen molar-refractivity contribution in [2.45, 2.75) is 6.92 Å². The number of nitrogens with zero attached hydrogens (tertiary/aromatic N) is 1. The number of phenols is 1. The highest BCUT2D eigenvalue weighted by atomic mass is 32.2. The van der Waals surface area contributed by atoms with Gasteiger partial charge in [-0.1, -0.05) is 0 Å². The van der Waals surface area contributed by atoms with Gasteiger partial charge < -0.3 is 9.84 Å². The summed E-state index contributed by atoms with van der Waals surface area (Å²) in [6.45, 7) is 1.81. The molecule has 1 heterocycles. The van der Waals surface area contributed by atoms with Crippen LogP contribution in [-0.4, -0.2) is 35.3 Å². The van der Waals surface area contributed by atoms with Gasteiger partial charge in [-0.3, -0.25) is 14.5 Å². The van der Waals surface area contributed by atoms with Gasteiger partial charge in [0, 0.05) is 7.05 Å². The van der Waals surface area contributed by atoms with Crippen LogP contribution in [-0.2, 0) is 4.79 Å². The first-order chi connectivity index (χ1) is 8.93. The lowest BCUT2D eigenvalue weighted by Crippen LogP contribution is -2.22. The van der Waals surface area contributed by atoms with Gasteiger partial charge in [0.05, 0.1) is 12.0 Å². The quantitative estimate of drug-likeness (QED) is 0.842. The van der Waals surface area contributed by atoms with Gasteiger partial charge in [0.1, 0.15) is 0 Å². The van der Waals surface area contributed by atoms with E-state index in [1.54, 1.807) is 25.1 Å². The Hall–Kier alpha value is -1.95. The van der Waals surface area contributed by atoms with E-state index in [9.17, 15) is 14.7 Å². The number of carbonyl (C=O) groups excluding carboxylic acids is 2. The summed E-state index contributed by atoms with van der Waals surface area (Å²) in [4.78, 5) is 24.6. The maximum absolute atomic E-state index is 11.8.